The molecule has 10 nitrogen and oxygen atoms in total. The molecule has 2 atom stereocenters. The Kier molecular flexibility index (Phi) is 10.2. The van der Waals surface area contributed by atoms with Crippen LogP contribution in [-0.2, 0) is 16.1 Å². The number of hydrogen-bond donors (Lipinski definition) is 5. The number of H-pyrrole nitrogens is 1. The summed E-state index contributed by atoms with van der Waals surface area (Å²) in [5.41, 5.74) is 9.83. The van der Waals surface area contributed by atoms with Gasteiger partial charge < -0.3 is 31.1 Å². The summed E-state index contributed by atoms with van der Waals surface area (Å²) in [5.74, 6) is -3.34. The largest absolute Gasteiger partial charge is 0.490 e. The number of anilines is 1. The van der Waals surface area contributed by atoms with E-state index in [9.17, 15) is 32.7 Å². The summed E-state index contributed by atoms with van der Waals surface area (Å²) >= 11 is 6.65. The monoisotopic (exact) mass is 676 g/mol. The molecule has 6 rings (SSSR count). The number of carboxylic acid groups (broad SMARTS) is 2. The second-order valence-electron chi connectivity index (χ2n) is 12.4. The van der Waals surface area contributed by atoms with Gasteiger partial charge in [-0.05, 0) is 84.5 Å². The number of amides is 2. The average molecular weight is 677 g/mol. The molecule has 3 aromatic rings. The van der Waals surface area contributed by atoms with Crippen molar-refractivity contribution < 1.29 is 42.6 Å². The molecule has 0 bridgehead atoms. The van der Waals surface area contributed by atoms with Crippen molar-refractivity contribution in [3.05, 3.63) is 63.8 Å². The van der Waals surface area contributed by atoms with Crippen LogP contribution in [0.25, 0.3) is 10.9 Å². The molecule has 2 aromatic carbocycles. The third-order valence-corrected chi connectivity index (χ3v) is 9.60. The molecule has 2 aliphatic carbocycles. The number of benzene rings is 2. The van der Waals surface area contributed by atoms with Crippen molar-refractivity contribution in [1.82, 2.24) is 9.88 Å². The van der Waals surface area contributed by atoms with Crippen LogP contribution in [0.1, 0.15) is 89.3 Å². The highest BCUT2D eigenvalue weighted by Gasteiger charge is 2.46. The Morgan fingerprint density at radius 1 is 0.979 bits per heavy atom. The summed E-state index contributed by atoms with van der Waals surface area (Å²) in [6.07, 6.45) is 3.52. The van der Waals surface area contributed by atoms with E-state index in [-0.39, 0.29) is 23.4 Å². The fourth-order valence-corrected chi connectivity index (χ4v) is 7.15. The zero-order chi connectivity index (χ0) is 34.0. The molecule has 2 heterocycles. The third-order valence-electron chi connectivity index (χ3n) is 9.29. The minimum atomic E-state index is -5.08. The lowest BCUT2D eigenvalue weighted by Crippen LogP contribution is -2.47. The van der Waals surface area contributed by atoms with Gasteiger partial charge in [-0.3, -0.25) is 9.59 Å². The van der Waals surface area contributed by atoms with Crippen molar-refractivity contribution in [3.8, 4) is 0 Å². The number of carbonyl (C=O) groups excluding carboxylic acids is 2. The van der Waals surface area contributed by atoms with Crippen LogP contribution >= 0.6 is 11.6 Å². The topological polar surface area (TPSA) is 166 Å². The number of aliphatic carboxylic acids is 1. The van der Waals surface area contributed by atoms with Gasteiger partial charge in [-0.2, -0.15) is 13.2 Å². The normalized spacial score (nSPS) is 20.1. The van der Waals surface area contributed by atoms with Gasteiger partial charge in [0.2, 0.25) is 5.91 Å². The SMILES string of the molecule is NCc1cc(Cl)c(C(=O)N2CC[C@@H](C3CCCCC3)[C@H]2C(=O)Nc2ccc3[nH]c(C(=O)O)cc3c2)cc1C1CC1.O=C(O)C(F)(F)F. The molecule has 1 saturated heterocycles. The Balaban J connectivity index is 0.000000559. The molecule has 3 aliphatic rings. The van der Waals surface area contributed by atoms with E-state index in [2.05, 4.69) is 10.3 Å². The van der Waals surface area contributed by atoms with Gasteiger partial charge in [0.1, 0.15) is 11.7 Å². The number of halogens is 4. The highest BCUT2D eigenvalue weighted by atomic mass is 35.5. The van der Waals surface area contributed by atoms with Crippen molar-refractivity contribution in [1.29, 1.82) is 0 Å². The number of carboxylic acids is 2. The number of alkyl halides is 3. The fraction of sp³-hybridized carbons (Fsp3) is 0.455. The van der Waals surface area contributed by atoms with Gasteiger partial charge in [-0.1, -0.05) is 43.7 Å². The molecule has 3 fully saturated rings. The summed E-state index contributed by atoms with van der Waals surface area (Å²) < 4.78 is 31.7. The van der Waals surface area contributed by atoms with Crippen molar-refractivity contribution in [2.45, 2.75) is 76.0 Å². The number of carbonyl (C=O) groups is 4. The summed E-state index contributed by atoms with van der Waals surface area (Å²) in [6.45, 7) is 0.878. The Bertz CT molecular complexity index is 1680. The van der Waals surface area contributed by atoms with Crippen LogP contribution in [0.15, 0.2) is 36.4 Å². The lowest BCUT2D eigenvalue weighted by Gasteiger charge is -2.33. The van der Waals surface area contributed by atoms with Crippen LogP contribution in [0.2, 0.25) is 5.02 Å². The minimum absolute atomic E-state index is 0.0730. The lowest BCUT2D eigenvalue weighted by atomic mass is 9.76. The maximum atomic E-state index is 14.1. The number of likely N-dealkylation sites (tertiary alicyclic amines) is 1. The van der Waals surface area contributed by atoms with E-state index < -0.39 is 24.2 Å². The van der Waals surface area contributed by atoms with Gasteiger partial charge in [0.05, 0.1) is 10.6 Å². The van der Waals surface area contributed by atoms with Gasteiger partial charge in [-0.25, -0.2) is 9.59 Å². The third kappa shape index (κ3) is 7.73. The average Bonchev–Trinajstić information content (AvgIpc) is 3.62. The van der Waals surface area contributed by atoms with E-state index in [4.69, 9.17) is 27.2 Å². The van der Waals surface area contributed by atoms with Gasteiger partial charge in [0.15, 0.2) is 0 Å². The standard InChI is InChI=1S/C31H35ClN4O4.C2HF3O2/c32-25-13-20(16-33)23(18-6-7-18)15-24(25)30(38)36-11-10-22(17-4-2-1-3-5-17)28(36)29(37)34-21-8-9-26-19(12-21)14-27(35-26)31(39)40;3-2(4,5)1(6)7/h8-9,12-15,17-18,22,28,35H,1-7,10-11,16,33H2,(H,34,37)(H,39,40);(H,6,7)/t22-,28-;/m0./s1. The van der Waals surface area contributed by atoms with Gasteiger partial charge >= 0.3 is 18.1 Å². The van der Waals surface area contributed by atoms with E-state index in [0.717, 1.165) is 56.1 Å². The maximum Gasteiger partial charge on any atom is 0.490 e. The molecule has 0 unspecified atom stereocenters. The number of aromatic carboxylic acids is 1. The molecule has 0 spiro atoms. The lowest BCUT2D eigenvalue weighted by molar-refractivity contribution is -0.192. The van der Waals surface area contributed by atoms with Crippen LogP contribution in [0.5, 0.6) is 0 Å². The molecule has 1 aromatic heterocycles. The van der Waals surface area contributed by atoms with E-state index in [1.54, 1.807) is 29.2 Å². The van der Waals surface area contributed by atoms with E-state index in [0.29, 0.717) is 52.1 Å². The van der Waals surface area contributed by atoms with Crippen molar-refractivity contribution in [3.63, 3.8) is 0 Å². The number of nitrogens with two attached hydrogens (primary N) is 1. The molecule has 6 N–H and O–H groups in total. The Morgan fingerprint density at radius 2 is 1.66 bits per heavy atom. The van der Waals surface area contributed by atoms with Crippen molar-refractivity contribution in [2.75, 3.05) is 11.9 Å². The highest BCUT2D eigenvalue weighted by Crippen LogP contribution is 2.44. The van der Waals surface area contributed by atoms with Gasteiger partial charge in [-0.15, -0.1) is 0 Å². The Labute approximate surface area is 273 Å². The van der Waals surface area contributed by atoms with Gasteiger partial charge in [0, 0.05) is 29.7 Å². The first-order valence-electron chi connectivity index (χ1n) is 15.6. The van der Waals surface area contributed by atoms with Gasteiger partial charge in [0.25, 0.3) is 5.91 Å². The first kappa shape index (κ1) is 34.2. The number of nitrogens with one attached hydrogen (secondary N) is 2. The maximum absolute atomic E-state index is 14.1. The van der Waals surface area contributed by atoms with Crippen LogP contribution < -0.4 is 11.1 Å². The molecule has 252 valence electrons. The van der Waals surface area contributed by atoms with Crippen LogP contribution in [-0.4, -0.2) is 62.6 Å². The molecule has 2 saturated carbocycles. The van der Waals surface area contributed by atoms with E-state index >= 15 is 0 Å². The van der Waals surface area contributed by atoms with Crippen LogP contribution in [0.4, 0.5) is 18.9 Å². The highest BCUT2D eigenvalue weighted by molar-refractivity contribution is 6.34. The molecule has 47 heavy (non-hydrogen) atoms. The summed E-state index contributed by atoms with van der Waals surface area (Å²) in [4.78, 5) is 52.9. The molecule has 14 heteroatoms. The predicted molar refractivity (Wildman–Crippen MR) is 168 cm³/mol. The summed E-state index contributed by atoms with van der Waals surface area (Å²) in [5, 5.41) is 20.6. The first-order valence-corrected chi connectivity index (χ1v) is 16.0. The number of rotatable bonds is 7. The number of aromatic nitrogens is 1. The zero-order valence-corrected chi connectivity index (χ0v) is 26.2. The fourth-order valence-electron chi connectivity index (χ4n) is 6.88. The zero-order valence-electron chi connectivity index (χ0n) is 25.4. The number of aromatic amines is 1. The van der Waals surface area contributed by atoms with E-state index in [1.807, 2.05) is 12.1 Å². The summed E-state index contributed by atoms with van der Waals surface area (Å²) in [7, 11) is 0. The van der Waals surface area contributed by atoms with Crippen LogP contribution in [0, 0.1) is 11.8 Å². The number of fused-ring (bicyclic) bond motifs is 1. The number of hydrogen-bond acceptors (Lipinski definition) is 5. The smallest absolute Gasteiger partial charge is 0.477 e. The Morgan fingerprint density at radius 3 is 2.26 bits per heavy atom. The second kappa shape index (κ2) is 13.9. The predicted octanol–water partition coefficient (Wildman–Crippen LogP) is 6.54. The number of nitrogens with zero attached hydrogens (tertiary/aromatic N) is 1. The second-order valence-corrected chi connectivity index (χ2v) is 12.8. The quantitative estimate of drug-likeness (QED) is 0.190. The Hall–Kier alpha value is -4.10. The summed E-state index contributed by atoms with van der Waals surface area (Å²) in [6, 6.07) is 9.94. The van der Waals surface area contributed by atoms with E-state index in [1.165, 1.54) is 6.42 Å². The van der Waals surface area contributed by atoms with Crippen LogP contribution in [0.3, 0.4) is 0 Å². The molecule has 2 amide bonds. The minimum Gasteiger partial charge on any atom is -0.477 e. The molecule has 1 aliphatic heterocycles. The first-order chi connectivity index (χ1) is 22.3. The van der Waals surface area contributed by atoms with Crippen molar-refractivity contribution in [2.24, 2.45) is 17.6 Å². The molecular formula is C33H36ClF3N4O6. The molecular weight excluding hydrogens is 641 g/mol. The van der Waals surface area contributed by atoms with Crippen molar-refractivity contribution >= 4 is 51.9 Å². The molecule has 0 radical (unpaired) electrons.